The van der Waals surface area contributed by atoms with Gasteiger partial charge < -0.3 is 20.7 Å². The van der Waals surface area contributed by atoms with E-state index in [4.69, 9.17) is 10.5 Å². The normalized spacial score (nSPS) is 12.0. The summed E-state index contributed by atoms with van der Waals surface area (Å²) in [6, 6.07) is 22.8. The van der Waals surface area contributed by atoms with Crippen molar-refractivity contribution in [3.8, 4) is 11.5 Å². The lowest BCUT2D eigenvalue weighted by atomic mass is 10.0. The lowest BCUT2D eigenvalue weighted by molar-refractivity contribution is 0.0923. The van der Waals surface area contributed by atoms with E-state index in [9.17, 15) is 15.0 Å². The summed E-state index contributed by atoms with van der Waals surface area (Å²) < 4.78 is 5.80. The van der Waals surface area contributed by atoms with E-state index in [-0.39, 0.29) is 11.3 Å². The number of carbonyl (C=O) groups is 1. The van der Waals surface area contributed by atoms with Crippen molar-refractivity contribution >= 4 is 5.91 Å². The van der Waals surface area contributed by atoms with Gasteiger partial charge >= 0.3 is 0 Å². The van der Waals surface area contributed by atoms with Crippen LogP contribution in [0.4, 0.5) is 0 Å². The van der Waals surface area contributed by atoms with Gasteiger partial charge in [0.2, 0.25) is 0 Å². The standard InChI is InChI=1S/C27H32N2O4/c1-20-7-5-6-10-22(20)11-12-23(30)19-29(18-21-8-3-2-4-9-21)15-16-33-24-13-14-26(31)25(17-24)27(28)32/h2-10,13-14,17,23,30-31H,11-12,15-16,18-19H2,1H3,(H2,28,32). The number of hydrogen-bond acceptors (Lipinski definition) is 5. The summed E-state index contributed by atoms with van der Waals surface area (Å²) in [5, 5.41) is 20.5. The molecule has 0 aliphatic carbocycles. The highest BCUT2D eigenvalue weighted by atomic mass is 16.5. The molecule has 1 unspecified atom stereocenters. The van der Waals surface area contributed by atoms with Gasteiger partial charge in [-0.1, -0.05) is 54.6 Å². The van der Waals surface area contributed by atoms with E-state index in [0.717, 1.165) is 12.0 Å². The Hall–Kier alpha value is -3.35. The minimum absolute atomic E-state index is 0.0280. The summed E-state index contributed by atoms with van der Waals surface area (Å²) in [5.74, 6) is -0.417. The second kappa shape index (κ2) is 12.0. The molecule has 6 nitrogen and oxygen atoms in total. The fraction of sp³-hybridized carbons (Fsp3) is 0.296. The summed E-state index contributed by atoms with van der Waals surface area (Å²) in [6.45, 7) is 4.25. The third-order valence-electron chi connectivity index (χ3n) is 5.64. The number of ether oxygens (including phenoxy) is 1. The number of hydrogen-bond donors (Lipinski definition) is 3. The van der Waals surface area contributed by atoms with Crippen LogP contribution in [0.2, 0.25) is 0 Å². The van der Waals surface area contributed by atoms with Gasteiger partial charge in [0.15, 0.2) is 0 Å². The first-order valence-corrected chi connectivity index (χ1v) is 11.2. The second-order valence-corrected chi connectivity index (χ2v) is 8.23. The lowest BCUT2D eigenvalue weighted by Gasteiger charge is -2.25. The molecule has 0 heterocycles. The van der Waals surface area contributed by atoms with E-state index in [1.54, 1.807) is 6.07 Å². The number of aliphatic hydroxyl groups is 1. The molecular weight excluding hydrogens is 416 g/mol. The number of phenols is 1. The van der Waals surface area contributed by atoms with Crippen LogP contribution in [-0.2, 0) is 13.0 Å². The Morgan fingerprint density at radius 2 is 1.79 bits per heavy atom. The lowest BCUT2D eigenvalue weighted by Crippen LogP contribution is -2.35. The number of nitrogens with two attached hydrogens (primary N) is 1. The van der Waals surface area contributed by atoms with Gasteiger partial charge in [0.25, 0.3) is 5.91 Å². The van der Waals surface area contributed by atoms with Crippen LogP contribution in [0.15, 0.2) is 72.8 Å². The zero-order chi connectivity index (χ0) is 23.6. The molecule has 0 bridgehead atoms. The Labute approximate surface area is 195 Å². The van der Waals surface area contributed by atoms with Crippen LogP contribution in [0.3, 0.4) is 0 Å². The van der Waals surface area contributed by atoms with Crippen LogP contribution in [0.1, 0.15) is 33.5 Å². The first-order chi connectivity index (χ1) is 15.9. The predicted molar refractivity (Wildman–Crippen MR) is 129 cm³/mol. The van der Waals surface area contributed by atoms with E-state index in [0.29, 0.717) is 38.4 Å². The molecule has 6 heteroatoms. The van der Waals surface area contributed by atoms with E-state index >= 15 is 0 Å². The number of amides is 1. The molecule has 0 saturated carbocycles. The predicted octanol–water partition coefficient (Wildman–Crippen LogP) is 3.67. The number of aryl methyl sites for hydroxylation is 2. The first-order valence-electron chi connectivity index (χ1n) is 11.2. The van der Waals surface area contributed by atoms with Crippen LogP contribution >= 0.6 is 0 Å². The molecule has 0 aliphatic heterocycles. The van der Waals surface area contributed by atoms with Crippen LogP contribution in [0.5, 0.6) is 11.5 Å². The molecule has 0 aliphatic rings. The molecule has 1 atom stereocenters. The minimum atomic E-state index is -0.708. The Morgan fingerprint density at radius 1 is 1.06 bits per heavy atom. The van der Waals surface area contributed by atoms with Crippen molar-refractivity contribution in [3.05, 3.63) is 95.1 Å². The monoisotopic (exact) mass is 448 g/mol. The van der Waals surface area contributed by atoms with Crippen molar-refractivity contribution < 1.29 is 19.7 Å². The maximum Gasteiger partial charge on any atom is 0.252 e. The van der Waals surface area contributed by atoms with Gasteiger partial charge in [-0.05, 0) is 54.7 Å². The van der Waals surface area contributed by atoms with Crippen LogP contribution in [0.25, 0.3) is 0 Å². The molecular formula is C27H32N2O4. The van der Waals surface area contributed by atoms with Crippen molar-refractivity contribution in [3.63, 3.8) is 0 Å². The first kappa shape index (κ1) is 24.3. The second-order valence-electron chi connectivity index (χ2n) is 8.23. The molecule has 4 N–H and O–H groups in total. The van der Waals surface area contributed by atoms with E-state index in [2.05, 4.69) is 36.1 Å². The Morgan fingerprint density at radius 3 is 2.52 bits per heavy atom. The molecule has 174 valence electrons. The molecule has 3 aromatic carbocycles. The Balaban J connectivity index is 1.58. The van der Waals surface area contributed by atoms with Crippen LogP contribution in [-0.4, -0.2) is 46.8 Å². The van der Waals surface area contributed by atoms with Crippen molar-refractivity contribution in [2.24, 2.45) is 5.73 Å². The number of primary amides is 1. The zero-order valence-electron chi connectivity index (χ0n) is 19.0. The molecule has 3 rings (SSSR count). The van der Waals surface area contributed by atoms with E-state index < -0.39 is 12.0 Å². The quantitative estimate of drug-likeness (QED) is 0.393. The fourth-order valence-corrected chi connectivity index (χ4v) is 3.77. The fourth-order valence-electron chi connectivity index (χ4n) is 3.77. The molecule has 0 spiro atoms. The molecule has 0 radical (unpaired) electrons. The highest BCUT2D eigenvalue weighted by Gasteiger charge is 2.14. The summed E-state index contributed by atoms with van der Waals surface area (Å²) in [6.07, 6.45) is 1.03. The number of aliphatic hydroxyl groups excluding tert-OH is 1. The van der Waals surface area contributed by atoms with Gasteiger partial charge in [0.05, 0.1) is 11.7 Å². The highest BCUT2D eigenvalue weighted by molar-refractivity contribution is 5.95. The van der Waals surface area contributed by atoms with Gasteiger partial charge in [0.1, 0.15) is 18.1 Å². The largest absolute Gasteiger partial charge is 0.507 e. The third-order valence-corrected chi connectivity index (χ3v) is 5.64. The van der Waals surface area contributed by atoms with Crippen molar-refractivity contribution in [1.29, 1.82) is 0 Å². The van der Waals surface area contributed by atoms with Crippen LogP contribution < -0.4 is 10.5 Å². The summed E-state index contributed by atoms with van der Waals surface area (Å²) in [7, 11) is 0. The van der Waals surface area contributed by atoms with Gasteiger partial charge in [-0.3, -0.25) is 9.69 Å². The third kappa shape index (κ3) is 7.63. The number of benzene rings is 3. The van der Waals surface area contributed by atoms with E-state index in [1.807, 2.05) is 30.3 Å². The zero-order valence-corrected chi connectivity index (χ0v) is 19.0. The molecule has 0 saturated heterocycles. The minimum Gasteiger partial charge on any atom is -0.507 e. The average Bonchev–Trinajstić information content (AvgIpc) is 2.80. The molecule has 0 fully saturated rings. The van der Waals surface area contributed by atoms with Gasteiger partial charge in [-0.2, -0.15) is 0 Å². The Kier molecular flexibility index (Phi) is 8.87. The molecule has 33 heavy (non-hydrogen) atoms. The Bertz CT molecular complexity index is 1040. The smallest absolute Gasteiger partial charge is 0.252 e. The number of rotatable bonds is 12. The SMILES string of the molecule is Cc1ccccc1CCC(O)CN(CCOc1ccc(O)c(C(N)=O)c1)Cc1ccccc1. The number of nitrogens with zero attached hydrogens (tertiary/aromatic N) is 1. The number of carbonyl (C=O) groups excluding carboxylic acids is 1. The number of aromatic hydroxyl groups is 1. The van der Waals surface area contributed by atoms with Crippen molar-refractivity contribution in [2.45, 2.75) is 32.4 Å². The van der Waals surface area contributed by atoms with Crippen molar-refractivity contribution in [1.82, 2.24) is 4.90 Å². The van der Waals surface area contributed by atoms with Gasteiger partial charge in [-0.15, -0.1) is 0 Å². The van der Waals surface area contributed by atoms with Crippen molar-refractivity contribution in [2.75, 3.05) is 19.7 Å². The van der Waals surface area contributed by atoms with E-state index in [1.165, 1.54) is 23.3 Å². The maximum absolute atomic E-state index is 11.4. The van der Waals surface area contributed by atoms with Gasteiger partial charge in [-0.25, -0.2) is 0 Å². The molecule has 1 amide bonds. The maximum atomic E-state index is 11.4. The highest BCUT2D eigenvalue weighted by Crippen LogP contribution is 2.22. The van der Waals surface area contributed by atoms with Crippen LogP contribution in [0, 0.1) is 6.92 Å². The summed E-state index contributed by atoms with van der Waals surface area (Å²) >= 11 is 0. The molecule has 0 aromatic heterocycles. The average molecular weight is 449 g/mol. The topological polar surface area (TPSA) is 96.0 Å². The van der Waals surface area contributed by atoms with Gasteiger partial charge in [0, 0.05) is 19.6 Å². The molecule has 3 aromatic rings. The summed E-state index contributed by atoms with van der Waals surface area (Å²) in [5.41, 5.74) is 8.97. The summed E-state index contributed by atoms with van der Waals surface area (Å²) in [4.78, 5) is 13.6.